The Kier molecular flexibility index (Phi) is 2.05. The van der Waals surface area contributed by atoms with Crippen molar-refractivity contribution in [1.29, 1.82) is 0 Å². The van der Waals surface area contributed by atoms with E-state index in [2.05, 4.69) is 6.07 Å². The first-order chi connectivity index (χ1) is 5.78. The van der Waals surface area contributed by atoms with Crippen LogP contribution in [0.1, 0.15) is 18.4 Å². The minimum atomic E-state index is 0.208. The molecule has 1 aliphatic rings. The third-order valence-corrected chi connectivity index (χ3v) is 3.40. The number of halogens is 2. The van der Waals surface area contributed by atoms with E-state index in [1.807, 2.05) is 18.2 Å². The van der Waals surface area contributed by atoms with E-state index >= 15 is 0 Å². The van der Waals surface area contributed by atoms with E-state index in [1.165, 1.54) is 18.4 Å². The smallest absolute Gasteiger partial charge is 0.0444 e. The van der Waals surface area contributed by atoms with Crippen LogP contribution >= 0.6 is 23.2 Å². The van der Waals surface area contributed by atoms with Crippen LogP contribution in [0.4, 0.5) is 0 Å². The second-order valence-corrected chi connectivity index (χ2v) is 4.07. The molecule has 0 unspecified atom stereocenters. The van der Waals surface area contributed by atoms with E-state index in [0.717, 1.165) is 5.02 Å². The molecule has 0 radical (unpaired) electrons. The highest BCUT2D eigenvalue weighted by atomic mass is 35.5. The van der Waals surface area contributed by atoms with Crippen LogP contribution in [0.25, 0.3) is 0 Å². The summed E-state index contributed by atoms with van der Waals surface area (Å²) in [6.45, 7) is 0. The summed E-state index contributed by atoms with van der Waals surface area (Å²) in [5, 5.41) is 0.857. The van der Waals surface area contributed by atoms with Gasteiger partial charge in [-0.25, -0.2) is 0 Å². The first kappa shape index (κ1) is 8.40. The summed E-state index contributed by atoms with van der Waals surface area (Å²) in [6, 6.07) is 7.99. The van der Waals surface area contributed by atoms with E-state index < -0.39 is 0 Å². The minimum Gasteiger partial charge on any atom is -0.126 e. The second kappa shape index (κ2) is 2.93. The van der Waals surface area contributed by atoms with Gasteiger partial charge in [0.05, 0.1) is 0 Å². The first-order valence-electron chi connectivity index (χ1n) is 4.09. The van der Waals surface area contributed by atoms with Gasteiger partial charge >= 0.3 is 0 Å². The molecule has 0 amide bonds. The van der Waals surface area contributed by atoms with Gasteiger partial charge in [0.15, 0.2) is 0 Å². The lowest BCUT2D eigenvalue weighted by atomic mass is 9.98. The maximum Gasteiger partial charge on any atom is 0.0444 e. The highest BCUT2D eigenvalue weighted by Gasteiger charge is 2.44. The van der Waals surface area contributed by atoms with Crippen LogP contribution in [0, 0.1) is 0 Å². The zero-order valence-electron chi connectivity index (χ0n) is 6.69. The van der Waals surface area contributed by atoms with Gasteiger partial charge in [-0.2, -0.15) is 0 Å². The highest BCUT2D eigenvalue weighted by molar-refractivity contribution is 6.31. The molecule has 0 nitrogen and oxygen atoms in total. The van der Waals surface area contributed by atoms with Crippen LogP contribution in [0.15, 0.2) is 24.3 Å². The Labute approximate surface area is 82.5 Å². The van der Waals surface area contributed by atoms with Gasteiger partial charge in [-0.15, -0.1) is 11.6 Å². The Balaban J connectivity index is 2.40. The van der Waals surface area contributed by atoms with Gasteiger partial charge in [0, 0.05) is 16.3 Å². The molecule has 2 rings (SSSR count). The molecule has 0 spiro atoms. The lowest BCUT2D eigenvalue weighted by Crippen LogP contribution is -2.08. The van der Waals surface area contributed by atoms with Gasteiger partial charge in [-0.3, -0.25) is 0 Å². The molecule has 12 heavy (non-hydrogen) atoms. The summed E-state index contributed by atoms with van der Waals surface area (Å²) in [5.74, 6) is 0.691. The molecule has 0 N–H and O–H groups in total. The van der Waals surface area contributed by atoms with Crippen LogP contribution in [0.3, 0.4) is 0 Å². The largest absolute Gasteiger partial charge is 0.126 e. The molecular formula is C10H10Cl2. The molecular weight excluding hydrogens is 191 g/mol. The molecule has 0 saturated heterocycles. The third kappa shape index (κ3) is 1.23. The lowest BCUT2D eigenvalue weighted by molar-refractivity contribution is 0.797. The third-order valence-electron chi connectivity index (χ3n) is 2.55. The molecule has 0 aromatic heterocycles. The van der Waals surface area contributed by atoms with E-state index in [1.54, 1.807) is 0 Å². The van der Waals surface area contributed by atoms with Crippen molar-refractivity contribution in [2.75, 3.05) is 5.88 Å². The average Bonchev–Trinajstić information content (AvgIpc) is 2.86. The van der Waals surface area contributed by atoms with Crippen molar-refractivity contribution >= 4 is 23.2 Å². The number of benzene rings is 1. The van der Waals surface area contributed by atoms with Crippen molar-refractivity contribution in [2.24, 2.45) is 0 Å². The fraction of sp³-hybridized carbons (Fsp3) is 0.400. The zero-order chi connectivity index (χ0) is 8.60. The standard InChI is InChI=1S/C10H10Cl2/c11-7-10(5-6-10)8-3-1-2-4-9(8)12/h1-4H,5-7H2. The minimum absolute atomic E-state index is 0.208. The molecule has 0 bridgehead atoms. The van der Waals surface area contributed by atoms with Gasteiger partial charge in [0.25, 0.3) is 0 Å². The number of alkyl halides is 1. The number of rotatable bonds is 2. The fourth-order valence-electron chi connectivity index (χ4n) is 1.52. The van der Waals surface area contributed by atoms with Crippen molar-refractivity contribution in [3.8, 4) is 0 Å². The summed E-state index contributed by atoms with van der Waals surface area (Å²) in [4.78, 5) is 0. The molecule has 0 atom stereocenters. The fourth-order valence-corrected chi connectivity index (χ4v) is 2.26. The van der Waals surface area contributed by atoms with Crippen LogP contribution in [-0.2, 0) is 5.41 Å². The Morgan fingerprint density at radius 2 is 1.92 bits per heavy atom. The monoisotopic (exact) mass is 200 g/mol. The normalized spacial score (nSPS) is 19.2. The highest BCUT2D eigenvalue weighted by Crippen LogP contribution is 2.50. The van der Waals surface area contributed by atoms with Crippen molar-refractivity contribution in [1.82, 2.24) is 0 Å². The van der Waals surface area contributed by atoms with Crippen molar-refractivity contribution in [3.63, 3.8) is 0 Å². The lowest BCUT2D eigenvalue weighted by Gasteiger charge is -2.12. The predicted molar refractivity (Wildman–Crippen MR) is 53.1 cm³/mol. The van der Waals surface area contributed by atoms with Gasteiger partial charge < -0.3 is 0 Å². The molecule has 1 aliphatic carbocycles. The predicted octanol–water partition coefficient (Wildman–Crippen LogP) is 3.61. The molecule has 1 saturated carbocycles. The van der Waals surface area contributed by atoms with Crippen LogP contribution in [-0.4, -0.2) is 5.88 Å². The quantitative estimate of drug-likeness (QED) is 0.641. The van der Waals surface area contributed by atoms with Gasteiger partial charge in [0.1, 0.15) is 0 Å². The summed E-state index contributed by atoms with van der Waals surface area (Å²) >= 11 is 12.0. The summed E-state index contributed by atoms with van der Waals surface area (Å²) in [6.07, 6.45) is 2.36. The number of hydrogen-bond donors (Lipinski definition) is 0. The van der Waals surface area contributed by atoms with Crippen LogP contribution < -0.4 is 0 Å². The Bertz CT molecular complexity index is 290. The maximum absolute atomic E-state index is 6.07. The van der Waals surface area contributed by atoms with E-state index in [0.29, 0.717) is 5.88 Å². The topological polar surface area (TPSA) is 0 Å². The van der Waals surface area contributed by atoms with Gasteiger partial charge in [-0.05, 0) is 24.5 Å². The molecule has 64 valence electrons. The SMILES string of the molecule is ClCC1(c2ccccc2Cl)CC1. The summed E-state index contributed by atoms with van der Waals surface area (Å²) in [5.41, 5.74) is 1.43. The van der Waals surface area contributed by atoms with Gasteiger partial charge in [0.2, 0.25) is 0 Å². The number of hydrogen-bond acceptors (Lipinski definition) is 0. The van der Waals surface area contributed by atoms with Crippen LogP contribution in [0.5, 0.6) is 0 Å². The Hall–Kier alpha value is -0.200. The summed E-state index contributed by atoms with van der Waals surface area (Å²) in [7, 11) is 0. The molecule has 0 heterocycles. The molecule has 1 aromatic carbocycles. The molecule has 1 aromatic rings. The van der Waals surface area contributed by atoms with Gasteiger partial charge in [-0.1, -0.05) is 29.8 Å². The average molecular weight is 201 g/mol. The van der Waals surface area contributed by atoms with Crippen molar-refractivity contribution in [3.05, 3.63) is 34.9 Å². The maximum atomic E-state index is 6.07. The van der Waals surface area contributed by atoms with E-state index in [4.69, 9.17) is 23.2 Å². The van der Waals surface area contributed by atoms with Crippen molar-refractivity contribution in [2.45, 2.75) is 18.3 Å². The summed E-state index contributed by atoms with van der Waals surface area (Å²) < 4.78 is 0. The molecule has 0 aliphatic heterocycles. The molecule has 2 heteroatoms. The molecule has 1 fully saturated rings. The Morgan fingerprint density at radius 3 is 2.42 bits per heavy atom. The van der Waals surface area contributed by atoms with E-state index in [9.17, 15) is 0 Å². The van der Waals surface area contributed by atoms with E-state index in [-0.39, 0.29) is 5.41 Å². The zero-order valence-corrected chi connectivity index (χ0v) is 8.20. The second-order valence-electron chi connectivity index (χ2n) is 3.39. The van der Waals surface area contributed by atoms with Crippen LogP contribution in [0.2, 0.25) is 5.02 Å². The van der Waals surface area contributed by atoms with Crippen molar-refractivity contribution < 1.29 is 0 Å². The first-order valence-corrected chi connectivity index (χ1v) is 5.01. The Morgan fingerprint density at radius 1 is 1.25 bits per heavy atom.